The lowest BCUT2D eigenvalue weighted by Gasteiger charge is -2.36. The minimum atomic E-state index is -0.180. The van der Waals surface area contributed by atoms with E-state index in [1.807, 2.05) is 19.1 Å². The average Bonchev–Trinajstić information content (AvgIpc) is 2.90. The molecule has 8 heteroatoms. The summed E-state index contributed by atoms with van der Waals surface area (Å²) < 4.78 is 2.06. The molecule has 0 N–H and O–H groups in total. The van der Waals surface area contributed by atoms with E-state index in [1.54, 1.807) is 23.7 Å². The van der Waals surface area contributed by atoms with Crippen molar-refractivity contribution >= 4 is 51.7 Å². The maximum absolute atomic E-state index is 13.4. The van der Waals surface area contributed by atoms with Gasteiger partial charge in [-0.25, -0.2) is 4.98 Å². The number of carbonyl (C=O) groups excluding carboxylic acids is 1. The summed E-state index contributed by atoms with van der Waals surface area (Å²) in [7, 11) is 1.66. The second-order valence-corrected chi connectivity index (χ2v) is 9.86. The molecule has 2 saturated heterocycles. The third-order valence-corrected chi connectivity index (χ3v) is 6.90. The van der Waals surface area contributed by atoms with E-state index in [4.69, 9.17) is 17.2 Å². The van der Waals surface area contributed by atoms with E-state index >= 15 is 0 Å². The molecular formula is C21H24N4O2S2. The molecule has 2 fully saturated rings. The van der Waals surface area contributed by atoms with Crippen LogP contribution >= 0.6 is 24.0 Å². The van der Waals surface area contributed by atoms with Gasteiger partial charge in [0.15, 0.2) is 0 Å². The van der Waals surface area contributed by atoms with Gasteiger partial charge in [0.1, 0.15) is 15.8 Å². The monoisotopic (exact) mass is 428 g/mol. The zero-order chi connectivity index (χ0) is 20.9. The maximum Gasteiger partial charge on any atom is 0.267 e. The smallest absolute Gasteiger partial charge is 0.267 e. The Labute approximate surface area is 179 Å². The van der Waals surface area contributed by atoms with Crippen LogP contribution in [0.1, 0.15) is 31.4 Å². The Morgan fingerprint density at radius 2 is 1.90 bits per heavy atom. The van der Waals surface area contributed by atoms with Gasteiger partial charge in [-0.15, -0.1) is 0 Å². The first-order valence-corrected chi connectivity index (χ1v) is 11.0. The van der Waals surface area contributed by atoms with Crippen molar-refractivity contribution in [3.8, 4) is 0 Å². The van der Waals surface area contributed by atoms with Crippen molar-refractivity contribution in [2.45, 2.75) is 27.2 Å². The number of carbonyl (C=O) groups is 1. The summed E-state index contributed by atoms with van der Waals surface area (Å²) in [5.74, 6) is 1.50. The third-order valence-electron chi connectivity index (χ3n) is 5.42. The lowest BCUT2D eigenvalue weighted by molar-refractivity contribution is -0.121. The molecule has 0 spiro atoms. The summed E-state index contributed by atoms with van der Waals surface area (Å²) in [6, 6.07) is 3.82. The molecule has 152 valence electrons. The van der Waals surface area contributed by atoms with Gasteiger partial charge in [-0.1, -0.05) is 43.9 Å². The van der Waals surface area contributed by atoms with Crippen LogP contribution < -0.4 is 10.5 Å². The molecule has 0 unspecified atom stereocenters. The Balaban J connectivity index is 1.93. The van der Waals surface area contributed by atoms with Gasteiger partial charge >= 0.3 is 0 Å². The summed E-state index contributed by atoms with van der Waals surface area (Å²) in [6.07, 6.45) is 4.62. The lowest BCUT2D eigenvalue weighted by atomic mass is 9.91. The average molecular weight is 429 g/mol. The first-order chi connectivity index (χ1) is 13.7. The molecule has 1 amide bonds. The number of aromatic nitrogens is 2. The molecule has 0 saturated carbocycles. The van der Waals surface area contributed by atoms with Gasteiger partial charge in [-0.3, -0.25) is 18.9 Å². The Hall–Kier alpha value is -2.19. The SMILES string of the molecule is Cc1ccc2nc(N3C[C@H](C)C[C@@H](C)C3)c(/C=C3\SC(=S)N(C)C3=O)c(=O)n2c1. The van der Waals surface area contributed by atoms with E-state index in [2.05, 4.69) is 18.7 Å². The predicted molar refractivity (Wildman–Crippen MR) is 122 cm³/mol. The molecule has 4 rings (SSSR count). The Bertz CT molecular complexity index is 1100. The fraction of sp³-hybridized carbons (Fsp3) is 0.429. The van der Waals surface area contributed by atoms with Crippen molar-refractivity contribution in [2.75, 3.05) is 25.0 Å². The summed E-state index contributed by atoms with van der Waals surface area (Å²) in [5, 5.41) is 0. The minimum absolute atomic E-state index is 0.166. The molecule has 0 aromatic carbocycles. The topological polar surface area (TPSA) is 57.9 Å². The molecule has 29 heavy (non-hydrogen) atoms. The number of thiocarbonyl (C=S) groups is 1. The van der Waals surface area contributed by atoms with Crippen molar-refractivity contribution < 1.29 is 4.79 Å². The van der Waals surface area contributed by atoms with Gasteiger partial charge in [0.2, 0.25) is 0 Å². The number of likely N-dealkylation sites (N-methyl/N-ethyl adjacent to an activating group) is 1. The van der Waals surface area contributed by atoms with Crippen molar-refractivity contribution in [3.63, 3.8) is 0 Å². The molecule has 0 radical (unpaired) electrons. The van der Waals surface area contributed by atoms with Crippen LogP contribution in [0.3, 0.4) is 0 Å². The molecule has 2 aromatic rings. The van der Waals surface area contributed by atoms with E-state index in [0.29, 0.717) is 38.1 Å². The highest BCUT2D eigenvalue weighted by Crippen LogP contribution is 2.33. The molecule has 2 aliphatic heterocycles. The summed E-state index contributed by atoms with van der Waals surface area (Å²) in [4.78, 5) is 34.9. The number of anilines is 1. The van der Waals surface area contributed by atoms with E-state index in [1.165, 1.54) is 16.7 Å². The predicted octanol–water partition coefficient (Wildman–Crippen LogP) is 3.32. The normalized spacial score (nSPS) is 24.2. The molecule has 6 nitrogen and oxygen atoms in total. The highest BCUT2D eigenvalue weighted by Gasteiger charge is 2.31. The van der Waals surface area contributed by atoms with Gasteiger partial charge in [0, 0.05) is 26.3 Å². The number of piperidine rings is 1. The number of hydrogen-bond donors (Lipinski definition) is 0. The first-order valence-electron chi connectivity index (χ1n) is 9.74. The number of hydrogen-bond acceptors (Lipinski definition) is 6. The molecule has 4 heterocycles. The third kappa shape index (κ3) is 3.71. The Kier molecular flexibility index (Phi) is 5.25. The van der Waals surface area contributed by atoms with Gasteiger partial charge in [-0.2, -0.15) is 0 Å². The molecule has 2 atom stereocenters. The maximum atomic E-state index is 13.4. The summed E-state index contributed by atoms with van der Waals surface area (Å²) in [5.41, 5.74) is 1.87. The quantitative estimate of drug-likeness (QED) is 0.540. The molecule has 2 aromatic heterocycles. The van der Waals surface area contributed by atoms with Crippen LogP contribution in [0, 0.1) is 18.8 Å². The van der Waals surface area contributed by atoms with Crippen LogP contribution in [0.15, 0.2) is 28.0 Å². The van der Waals surface area contributed by atoms with Crippen LogP contribution in [0.4, 0.5) is 5.82 Å². The fourth-order valence-electron chi connectivity index (χ4n) is 4.13. The van der Waals surface area contributed by atoms with Gasteiger partial charge < -0.3 is 4.90 Å². The number of amides is 1. The second kappa shape index (κ2) is 7.57. The van der Waals surface area contributed by atoms with E-state index in [0.717, 1.165) is 25.1 Å². The highest BCUT2D eigenvalue weighted by atomic mass is 32.2. The Morgan fingerprint density at radius 1 is 1.21 bits per heavy atom. The van der Waals surface area contributed by atoms with Crippen molar-refractivity contribution in [1.29, 1.82) is 0 Å². The molecule has 0 bridgehead atoms. The highest BCUT2D eigenvalue weighted by molar-refractivity contribution is 8.26. The Morgan fingerprint density at radius 3 is 2.52 bits per heavy atom. The van der Waals surface area contributed by atoms with Crippen LogP contribution in [-0.4, -0.2) is 44.6 Å². The molecule has 2 aliphatic rings. The first kappa shape index (κ1) is 20.1. The number of nitrogens with zero attached hydrogens (tertiary/aromatic N) is 4. The van der Waals surface area contributed by atoms with Gasteiger partial charge in [0.25, 0.3) is 11.5 Å². The number of rotatable bonds is 2. The second-order valence-electron chi connectivity index (χ2n) is 8.18. The van der Waals surface area contributed by atoms with Crippen LogP contribution in [-0.2, 0) is 4.79 Å². The standard InChI is InChI=1S/C21H24N4O2S2/c1-12-5-6-17-22-18(24-9-13(2)7-14(3)10-24)15(19(26)25(17)11-12)8-16-20(27)23(4)21(28)29-16/h5-6,8,11,13-14H,7,9-10H2,1-4H3/b16-8-/t13-,14-/m1/s1. The fourth-order valence-corrected chi connectivity index (χ4v) is 5.29. The number of fused-ring (bicyclic) bond motifs is 1. The van der Waals surface area contributed by atoms with Gasteiger partial charge in [0.05, 0.1) is 10.5 Å². The minimum Gasteiger partial charge on any atom is -0.355 e. The van der Waals surface area contributed by atoms with Gasteiger partial charge in [-0.05, 0) is 42.9 Å². The van der Waals surface area contributed by atoms with Crippen LogP contribution in [0.25, 0.3) is 11.7 Å². The van der Waals surface area contributed by atoms with E-state index in [-0.39, 0.29) is 11.5 Å². The lowest BCUT2D eigenvalue weighted by Crippen LogP contribution is -2.40. The zero-order valence-corrected chi connectivity index (χ0v) is 18.6. The molecule has 0 aliphatic carbocycles. The largest absolute Gasteiger partial charge is 0.355 e. The zero-order valence-electron chi connectivity index (χ0n) is 17.0. The van der Waals surface area contributed by atoms with Crippen molar-refractivity contribution in [2.24, 2.45) is 11.8 Å². The van der Waals surface area contributed by atoms with Crippen molar-refractivity contribution in [3.05, 3.63) is 44.7 Å². The molecular weight excluding hydrogens is 404 g/mol. The van der Waals surface area contributed by atoms with Crippen LogP contribution in [0.5, 0.6) is 0 Å². The van der Waals surface area contributed by atoms with E-state index in [9.17, 15) is 9.59 Å². The summed E-state index contributed by atoms with van der Waals surface area (Å²) >= 11 is 6.47. The van der Waals surface area contributed by atoms with E-state index < -0.39 is 0 Å². The van der Waals surface area contributed by atoms with Crippen LogP contribution in [0.2, 0.25) is 0 Å². The number of aryl methyl sites for hydroxylation is 1. The van der Waals surface area contributed by atoms with Crippen molar-refractivity contribution in [1.82, 2.24) is 14.3 Å². The number of pyridine rings is 1. The number of thioether (sulfide) groups is 1. The summed E-state index contributed by atoms with van der Waals surface area (Å²) in [6.45, 7) is 8.07.